The first kappa shape index (κ1) is 18.2. The van der Waals surface area contributed by atoms with Crippen molar-refractivity contribution in [2.45, 2.75) is 6.18 Å². The van der Waals surface area contributed by atoms with Crippen LogP contribution in [-0.2, 0) is 11.0 Å². The monoisotopic (exact) mass is 352 g/mol. The zero-order valence-electron chi connectivity index (χ0n) is 12.6. The number of hydrogen-bond acceptors (Lipinski definition) is 2. The van der Waals surface area contributed by atoms with Crippen LogP contribution >= 0.6 is 0 Å². The van der Waals surface area contributed by atoms with Crippen LogP contribution in [0.1, 0.15) is 21.5 Å². The van der Waals surface area contributed by atoms with E-state index in [1.165, 1.54) is 36.4 Å². The van der Waals surface area contributed by atoms with E-state index in [0.717, 1.165) is 24.3 Å². The topological polar surface area (TPSA) is 58.2 Å². The molecule has 0 unspecified atom stereocenters. The molecule has 25 heavy (non-hydrogen) atoms. The van der Waals surface area contributed by atoms with Crippen molar-refractivity contribution in [3.05, 3.63) is 77.1 Å². The second-order valence-electron chi connectivity index (χ2n) is 4.88. The quantitative estimate of drug-likeness (QED) is 0.506. The smallest absolute Gasteiger partial charge is 0.268 e. The van der Waals surface area contributed by atoms with Gasteiger partial charge in [0.15, 0.2) is 0 Å². The van der Waals surface area contributed by atoms with Gasteiger partial charge in [0, 0.05) is 6.08 Å². The minimum absolute atomic E-state index is 0.241. The minimum Gasteiger partial charge on any atom is -0.268 e. The van der Waals surface area contributed by atoms with Crippen LogP contribution in [-0.4, -0.2) is 11.8 Å². The predicted octanol–water partition coefficient (Wildman–Crippen LogP) is 3.32. The molecule has 2 amide bonds. The van der Waals surface area contributed by atoms with Gasteiger partial charge in [-0.15, -0.1) is 0 Å². The third-order valence-corrected chi connectivity index (χ3v) is 3.08. The molecule has 0 bridgehead atoms. The molecular formula is C17H12F4N2O2. The number of amides is 2. The third kappa shape index (κ3) is 5.17. The van der Waals surface area contributed by atoms with E-state index in [-0.39, 0.29) is 5.56 Å². The second-order valence-corrected chi connectivity index (χ2v) is 4.88. The van der Waals surface area contributed by atoms with Crippen molar-refractivity contribution in [2.24, 2.45) is 0 Å². The van der Waals surface area contributed by atoms with Gasteiger partial charge in [-0.1, -0.05) is 24.3 Å². The van der Waals surface area contributed by atoms with E-state index >= 15 is 0 Å². The van der Waals surface area contributed by atoms with Gasteiger partial charge in [0.1, 0.15) is 5.82 Å². The summed E-state index contributed by atoms with van der Waals surface area (Å²) in [5.74, 6) is -2.31. The number of hydrogen-bond donors (Lipinski definition) is 2. The molecule has 4 nitrogen and oxygen atoms in total. The summed E-state index contributed by atoms with van der Waals surface area (Å²) in [5.41, 5.74) is 3.39. The van der Waals surface area contributed by atoms with Crippen molar-refractivity contribution in [2.75, 3.05) is 0 Å². The average Bonchev–Trinajstić information content (AvgIpc) is 2.58. The highest BCUT2D eigenvalue weighted by molar-refractivity contribution is 5.98. The molecule has 0 fully saturated rings. The highest BCUT2D eigenvalue weighted by Gasteiger charge is 2.29. The number of carbonyl (C=O) groups is 2. The number of alkyl halides is 3. The molecule has 2 aromatic rings. The van der Waals surface area contributed by atoms with Crippen molar-refractivity contribution >= 4 is 17.9 Å². The number of hydrazine groups is 1. The lowest BCUT2D eigenvalue weighted by Gasteiger charge is -2.06. The molecule has 0 atom stereocenters. The summed E-state index contributed by atoms with van der Waals surface area (Å²) < 4.78 is 50.7. The maximum absolute atomic E-state index is 13.4. The Labute approximate surface area is 140 Å². The van der Waals surface area contributed by atoms with Crippen LogP contribution in [0.3, 0.4) is 0 Å². The lowest BCUT2D eigenvalue weighted by molar-refractivity contribution is -0.137. The molecule has 130 valence electrons. The summed E-state index contributed by atoms with van der Waals surface area (Å²) in [5, 5.41) is 0. The maximum atomic E-state index is 13.4. The van der Waals surface area contributed by atoms with Crippen LogP contribution in [0.25, 0.3) is 6.08 Å². The van der Waals surface area contributed by atoms with Crippen molar-refractivity contribution in [3.63, 3.8) is 0 Å². The normalized spacial score (nSPS) is 11.4. The Morgan fingerprint density at radius 3 is 2.16 bits per heavy atom. The predicted molar refractivity (Wildman–Crippen MR) is 82.5 cm³/mol. The Kier molecular flexibility index (Phi) is 5.53. The zero-order chi connectivity index (χ0) is 18.4. The first-order valence-corrected chi connectivity index (χ1v) is 6.97. The fourth-order valence-electron chi connectivity index (χ4n) is 1.83. The molecule has 8 heteroatoms. The van der Waals surface area contributed by atoms with Gasteiger partial charge in [-0.2, -0.15) is 13.2 Å². The van der Waals surface area contributed by atoms with Crippen LogP contribution in [0.15, 0.2) is 54.6 Å². The number of halogens is 4. The van der Waals surface area contributed by atoms with Gasteiger partial charge in [0.05, 0.1) is 11.1 Å². The van der Waals surface area contributed by atoms with E-state index in [0.29, 0.717) is 5.56 Å². The molecule has 0 heterocycles. The Hall–Kier alpha value is -3.16. The number of rotatable bonds is 3. The Morgan fingerprint density at radius 1 is 0.920 bits per heavy atom. The van der Waals surface area contributed by atoms with Crippen molar-refractivity contribution in [1.82, 2.24) is 10.9 Å². The lowest BCUT2D eigenvalue weighted by Crippen LogP contribution is -2.41. The van der Waals surface area contributed by atoms with Crippen molar-refractivity contribution in [1.29, 1.82) is 0 Å². The van der Waals surface area contributed by atoms with Gasteiger partial charge in [-0.25, -0.2) is 4.39 Å². The van der Waals surface area contributed by atoms with Gasteiger partial charge in [-0.05, 0) is 35.9 Å². The van der Waals surface area contributed by atoms with E-state index in [1.54, 1.807) is 0 Å². The maximum Gasteiger partial charge on any atom is 0.416 e. The molecule has 2 aromatic carbocycles. The molecule has 0 aliphatic carbocycles. The van der Waals surface area contributed by atoms with E-state index in [1.807, 2.05) is 10.9 Å². The molecule has 0 saturated carbocycles. The van der Waals surface area contributed by atoms with Crippen LogP contribution in [0.5, 0.6) is 0 Å². The summed E-state index contributed by atoms with van der Waals surface area (Å²) in [7, 11) is 0. The zero-order valence-corrected chi connectivity index (χ0v) is 12.6. The van der Waals surface area contributed by atoms with Crippen molar-refractivity contribution < 1.29 is 27.2 Å². The van der Waals surface area contributed by atoms with Gasteiger partial charge in [0.2, 0.25) is 0 Å². The fourth-order valence-corrected chi connectivity index (χ4v) is 1.83. The summed E-state index contributed by atoms with van der Waals surface area (Å²) in [6.45, 7) is 0. The summed E-state index contributed by atoms with van der Waals surface area (Å²) in [6, 6.07) is 9.39. The second kappa shape index (κ2) is 7.61. The first-order valence-electron chi connectivity index (χ1n) is 6.97. The molecule has 0 aliphatic heterocycles. The molecule has 0 radical (unpaired) electrons. The van der Waals surface area contributed by atoms with Gasteiger partial charge < -0.3 is 0 Å². The molecule has 2 rings (SSSR count). The van der Waals surface area contributed by atoms with Crippen LogP contribution < -0.4 is 10.9 Å². The minimum atomic E-state index is -4.43. The van der Waals surface area contributed by atoms with Crippen LogP contribution in [0.2, 0.25) is 0 Å². The average molecular weight is 352 g/mol. The summed E-state index contributed by atoms with van der Waals surface area (Å²) in [6.07, 6.45) is -2.15. The van der Waals surface area contributed by atoms with Gasteiger partial charge >= 0.3 is 6.18 Å². The number of benzene rings is 2. The van der Waals surface area contributed by atoms with Crippen molar-refractivity contribution in [3.8, 4) is 0 Å². The summed E-state index contributed by atoms with van der Waals surface area (Å²) >= 11 is 0. The molecule has 0 saturated heterocycles. The van der Waals surface area contributed by atoms with E-state index in [4.69, 9.17) is 0 Å². The number of nitrogens with one attached hydrogen (secondary N) is 2. The molecule has 0 aliphatic rings. The Bertz CT molecular complexity index is 799. The van der Waals surface area contributed by atoms with Gasteiger partial charge in [0.25, 0.3) is 11.8 Å². The summed E-state index contributed by atoms with van der Waals surface area (Å²) in [4.78, 5) is 23.3. The molecule has 0 spiro atoms. The van der Waals surface area contributed by atoms with Crippen LogP contribution in [0.4, 0.5) is 17.6 Å². The number of carbonyl (C=O) groups excluding carboxylic acids is 2. The first-order chi connectivity index (χ1) is 11.8. The highest BCUT2D eigenvalue weighted by Crippen LogP contribution is 2.29. The lowest BCUT2D eigenvalue weighted by atomic mass is 10.1. The Balaban J connectivity index is 1.91. The fraction of sp³-hybridized carbons (Fsp3) is 0.0588. The van der Waals surface area contributed by atoms with E-state index in [2.05, 4.69) is 0 Å². The Morgan fingerprint density at radius 2 is 1.56 bits per heavy atom. The van der Waals surface area contributed by atoms with Crippen LogP contribution in [0, 0.1) is 5.82 Å². The molecule has 2 N–H and O–H groups in total. The van der Waals surface area contributed by atoms with E-state index < -0.39 is 29.4 Å². The third-order valence-electron chi connectivity index (χ3n) is 3.08. The molecular weight excluding hydrogens is 340 g/mol. The SMILES string of the molecule is O=C(/C=C/c1ccc(C(F)(F)F)cc1)NNC(=O)c1ccccc1F. The largest absolute Gasteiger partial charge is 0.416 e. The molecule has 0 aromatic heterocycles. The standard InChI is InChI=1S/C17H12F4N2O2/c18-14-4-2-1-3-13(14)16(25)23-22-15(24)10-7-11-5-8-12(9-6-11)17(19,20)21/h1-10H,(H,22,24)(H,23,25)/b10-7+. The van der Waals surface area contributed by atoms with E-state index in [9.17, 15) is 27.2 Å². The van der Waals surface area contributed by atoms with Gasteiger partial charge in [-0.3, -0.25) is 20.4 Å². The highest BCUT2D eigenvalue weighted by atomic mass is 19.4.